The van der Waals surface area contributed by atoms with E-state index in [1.54, 1.807) is 0 Å². The zero-order valence-electron chi connectivity index (χ0n) is 12.9. The normalized spacial score (nSPS) is 16.7. The van der Waals surface area contributed by atoms with E-state index >= 15 is 0 Å². The van der Waals surface area contributed by atoms with Gasteiger partial charge in [-0.3, -0.25) is 9.59 Å². The minimum Gasteiger partial charge on any atom is -0.457 e. The fourth-order valence-corrected chi connectivity index (χ4v) is 3.51. The molecule has 4 rings (SSSR count). The number of ether oxygens (including phenoxy) is 1. The van der Waals surface area contributed by atoms with Crippen molar-refractivity contribution in [1.29, 1.82) is 0 Å². The Morgan fingerprint density at radius 1 is 0.652 bits per heavy atom. The summed E-state index contributed by atoms with van der Waals surface area (Å²) in [4.78, 5) is 23.7. The third-order valence-electron chi connectivity index (χ3n) is 4.69. The molecule has 3 nitrogen and oxygen atoms in total. The number of hydrogen-bond acceptors (Lipinski definition) is 3. The van der Waals surface area contributed by atoms with Crippen molar-refractivity contribution in [3.63, 3.8) is 0 Å². The number of ketones is 2. The molecule has 116 valence electrons. The quantitative estimate of drug-likeness (QED) is 0.819. The molecule has 0 aromatic heterocycles. The van der Waals surface area contributed by atoms with E-state index in [-0.39, 0.29) is 11.6 Å². The number of Topliss-reactive ketones (excluding diaryl/α,β-unsaturated/α-hetero) is 2. The van der Waals surface area contributed by atoms with Crippen molar-refractivity contribution in [1.82, 2.24) is 0 Å². The van der Waals surface area contributed by atoms with Gasteiger partial charge in [0.25, 0.3) is 0 Å². The smallest absolute Gasteiger partial charge is 0.163 e. The zero-order chi connectivity index (χ0) is 15.8. The first-order chi connectivity index (χ1) is 11.2. The summed E-state index contributed by atoms with van der Waals surface area (Å²) in [5.74, 6) is 1.95. The molecular weight excluding hydrogens is 288 g/mol. The molecule has 2 aromatic rings. The van der Waals surface area contributed by atoms with Crippen LogP contribution < -0.4 is 4.74 Å². The average molecular weight is 306 g/mol. The van der Waals surface area contributed by atoms with Gasteiger partial charge in [0.15, 0.2) is 11.6 Å². The Labute approximate surface area is 135 Å². The van der Waals surface area contributed by atoms with Gasteiger partial charge < -0.3 is 4.74 Å². The van der Waals surface area contributed by atoms with Crippen molar-refractivity contribution in [2.75, 3.05) is 0 Å². The highest BCUT2D eigenvalue weighted by molar-refractivity contribution is 5.99. The average Bonchev–Trinajstić information content (AvgIpc) is 2.55. The maximum absolute atomic E-state index is 11.9. The molecule has 0 aliphatic heterocycles. The van der Waals surface area contributed by atoms with Gasteiger partial charge in [0.1, 0.15) is 11.5 Å². The molecule has 0 saturated heterocycles. The number of carbonyl (C=O) groups excluding carboxylic acids is 2. The molecule has 0 heterocycles. The molecule has 0 fully saturated rings. The lowest BCUT2D eigenvalue weighted by Crippen LogP contribution is -2.11. The van der Waals surface area contributed by atoms with Gasteiger partial charge >= 0.3 is 0 Å². The summed E-state index contributed by atoms with van der Waals surface area (Å²) in [6.07, 6.45) is 4.97. The number of aryl methyl sites for hydroxylation is 2. The molecule has 0 bridgehead atoms. The van der Waals surface area contributed by atoms with E-state index < -0.39 is 0 Å². The maximum atomic E-state index is 11.9. The van der Waals surface area contributed by atoms with Crippen molar-refractivity contribution in [3.8, 4) is 11.5 Å². The summed E-state index contributed by atoms with van der Waals surface area (Å²) in [6, 6.07) is 11.4. The van der Waals surface area contributed by atoms with Crippen LogP contribution in [0.25, 0.3) is 0 Å². The Bertz CT molecular complexity index is 737. The number of rotatable bonds is 2. The van der Waals surface area contributed by atoms with Crippen molar-refractivity contribution < 1.29 is 14.3 Å². The Hall–Kier alpha value is -2.42. The Morgan fingerprint density at radius 2 is 1.13 bits per heavy atom. The molecule has 0 N–H and O–H groups in total. The standard InChI is InChI=1S/C20H18O3/c21-19-5-1-3-13-11-15(7-9-17(13)19)23-16-8-10-18-14(12-16)4-2-6-20(18)22/h7-12H,1-6H2. The van der Waals surface area contributed by atoms with Crippen molar-refractivity contribution in [2.24, 2.45) is 0 Å². The molecule has 23 heavy (non-hydrogen) atoms. The molecule has 2 aromatic carbocycles. The van der Waals surface area contributed by atoms with E-state index in [1.165, 1.54) is 0 Å². The third kappa shape index (κ3) is 2.67. The highest BCUT2D eigenvalue weighted by Gasteiger charge is 2.19. The fraction of sp³-hybridized carbons (Fsp3) is 0.300. The second-order valence-electron chi connectivity index (χ2n) is 6.29. The van der Waals surface area contributed by atoms with Gasteiger partial charge in [-0.15, -0.1) is 0 Å². The van der Waals surface area contributed by atoms with Gasteiger partial charge in [0.05, 0.1) is 0 Å². The number of benzene rings is 2. The zero-order valence-corrected chi connectivity index (χ0v) is 12.9. The van der Waals surface area contributed by atoms with Crippen LogP contribution in [0.3, 0.4) is 0 Å². The van der Waals surface area contributed by atoms with E-state index in [0.717, 1.165) is 59.4 Å². The second-order valence-corrected chi connectivity index (χ2v) is 6.29. The van der Waals surface area contributed by atoms with Crippen LogP contribution in [0.15, 0.2) is 36.4 Å². The van der Waals surface area contributed by atoms with Crippen LogP contribution in [0.1, 0.15) is 57.5 Å². The highest BCUT2D eigenvalue weighted by Crippen LogP contribution is 2.31. The van der Waals surface area contributed by atoms with Gasteiger partial charge in [0, 0.05) is 24.0 Å². The molecule has 0 radical (unpaired) electrons. The lowest BCUT2D eigenvalue weighted by Gasteiger charge is -2.17. The Morgan fingerprint density at radius 3 is 1.61 bits per heavy atom. The summed E-state index contributed by atoms with van der Waals surface area (Å²) in [5, 5.41) is 0. The number of hydrogen-bond donors (Lipinski definition) is 0. The first-order valence-corrected chi connectivity index (χ1v) is 8.21. The summed E-state index contributed by atoms with van der Waals surface area (Å²) in [7, 11) is 0. The monoisotopic (exact) mass is 306 g/mol. The van der Waals surface area contributed by atoms with Gasteiger partial charge in [-0.05, 0) is 73.2 Å². The molecule has 0 amide bonds. The summed E-state index contributed by atoms with van der Waals surface area (Å²) < 4.78 is 5.96. The van der Waals surface area contributed by atoms with Crippen LogP contribution >= 0.6 is 0 Å². The van der Waals surface area contributed by atoms with Crippen LogP contribution in [0.2, 0.25) is 0 Å². The minimum atomic E-state index is 0.227. The second kappa shape index (κ2) is 5.65. The largest absolute Gasteiger partial charge is 0.457 e. The highest BCUT2D eigenvalue weighted by atomic mass is 16.5. The van der Waals surface area contributed by atoms with Gasteiger partial charge in [-0.1, -0.05) is 0 Å². The van der Waals surface area contributed by atoms with Gasteiger partial charge in [-0.25, -0.2) is 0 Å². The fourth-order valence-electron chi connectivity index (χ4n) is 3.51. The lowest BCUT2D eigenvalue weighted by molar-refractivity contribution is 0.0964. The van der Waals surface area contributed by atoms with Crippen LogP contribution in [0.4, 0.5) is 0 Å². The van der Waals surface area contributed by atoms with Crippen molar-refractivity contribution >= 4 is 11.6 Å². The van der Waals surface area contributed by atoms with E-state index in [0.29, 0.717) is 12.8 Å². The van der Waals surface area contributed by atoms with Gasteiger partial charge in [-0.2, -0.15) is 0 Å². The molecule has 0 atom stereocenters. The molecule has 2 aliphatic rings. The van der Waals surface area contributed by atoms with Crippen LogP contribution in [-0.4, -0.2) is 11.6 Å². The minimum absolute atomic E-state index is 0.227. The van der Waals surface area contributed by atoms with E-state index in [2.05, 4.69) is 0 Å². The van der Waals surface area contributed by atoms with E-state index in [4.69, 9.17) is 4.74 Å². The van der Waals surface area contributed by atoms with Crippen LogP contribution in [-0.2, 0) is 12.8 Å². The molecular formula is C20H18O3. The SMILES string of the molecule is O=C1CCCc2cc(Oc3ccc4c(c3)CCCC4=O)ccc21. The lowest BCUT2D eigenvalue weighted by atomic mass is 9.90. The Balaban J connectivity index is 1.61. The number of fused-ring (bicyclic) bond motifs is 2. The molecule has 0 saturated carbocycles. The van der Waals surface area contributed by atoms with Crippen molar-refractivity contribution in [3.05, 3.63) is 58.7 Å². The van der Waals surface area contributed by atoms with Crippen LogP contribution in [0, 0.1) is 0 Å². The van der Waals surface area contributed by atoms with Gasteiger partial charge in [0.2, 0.25) is 0 Å². The summed E-state index contributed by atoms with van der Waals surface area (Å²) in [6.45, 7) is 0. The van der Waals surface area contributed by atoms with Crippen LogP contribution in [0.5, 0.6) is 11.5 Å². The maximum Gasteiger partial charge on any atom is 0.163 e. The molecule has 0 unspecified atom stereocenters. The summed E-state index contributed by atoms with van der Waals surface area (Å²) >= 11 is 0. The summed E-state index contributed by atoms with van der Waals surface area (Å²) in [5.41, 5.74) is 3.82. The Kier molecular flexibility index (Phi) is 3.49. The first-order valence-electron chi connectivity index (χ1n) is 8.21. The molecule has 0 spiro atoms. The predicted octanol–water partition coefficient (Wildman–Crippen LogP) is 4.52. The topological polar surface area (TPSA) is 43.4 Å². The van der Waals surface area contributed by atoms with E-state index in [9.17, 15) is 9.59 Å². The predicted molar refractivity (Wildman–Crippen MR) is 87.5 cm³/mol. The number of carbonyl (C=O) groups is 2. The third-order valence-corrected chi connectivity index (χ3v) is 4.69. The van der Waals surface area contributed by atoms with Crippen molar-refractivity contribution in [2.45, 2.75) is 38.5 Å². The molecule has 2 aliphatic carbocycles. The molecule has 3 heteroatoms. The van der Waals surface area contributed by atoms with E-state index in [1.807, 2.05) is 36.4 Å². The first kappa shape index (κ1) is 14.2.